The van der Waals surface area contributed by atoms with Gasteiger partial charge < -0.3 is 10.6 Å². The van der Waals surface area contributed by atoms with E-state index in [1.54, 1.807) is 7.05 Å². The molecule has 1 rings (SSSR count). The summed E-state index contributed by atoms with van der Waals surface area (Å²) in [5.74, 6) is 0.865. The van der Waals surface area contributed by atoms with Gasteiger partial charge in [0.05, 0.1) is 6.20 Å². The number of halogens is 1. The number of aliphatic imine (C=N–C) groups is 1. The lowest BCUT2D eigenvalue weighted by Crippen LogP contribution is -2.43. The Morgan fingerprint density at radius 3 is 2.67 bits per heavy atom. The topological polar surface area (TPSA) is 54.2 Å². The van der Waals surface area contributed by atoms with Crippen molar-refractivity contribution in [3.8, 4) is 0 Å². The molecule has 0 bridgehead atoms. The maximum Gasteiger partial charge on any atom is 0.191 e. The van der Waals surface area contributed by atoms with Crippen LogP contribution in [0, 0.1) is 6.92 Å². The summed E-state index contributed by atoms with van der Waals surface area (Å²) >= 11 is 1.85. The van der Waals surface area contributed by atoms with E-state index in [0.29, 0.717) is 0 Å². The molecule has 0 saturated heterocycles. The number of thioether (sulfide) groups is 1. The summed E-state index contributed by atoms with van der Waals surface area (Å²) in [5, 5.41) is 11.0. The van der Waals surface area contributed by atoms with Crippen molar-refractivity contribution < 1.29 is 0 Å². The van der Waals surface area contributed by atoms with E-state index < -0.39 is 0 Å². The number of aromatic nitrogens is 2. The summed E-state index contributed by atoms with van der Waals surface area (Å²) in [6, 6.07) is 0. The minimum absolute atomic E-state index is 0. The Morgan fingerprint density at radius 1 is 1.43 bits per heavy atom. The number of aryl methyl sites for hydroxylation is 2. The van der Waals surface area contributed by atoms with Crippen LogP contribution in [-0.2, 0) is 6.54 Å². The molecule has 0 amide bonds. The standard InChI is InChI=1S/C14H27N5S.HI/c1-12-9-18-19(10-12)8-6-7-16-13(15-4)17-11-14(2,3)20-5;/h9-10H,6-8,11H2,1-5H3,(H2,15,16,17);1H. The van der Waals surface area contributed by atoms with Crippen LogP contribution in [0.3, 0.4) is 0 Å². The van der Waals surface area contributed by atoms with Crippen molar-refractivity contribution in [1.29, 1.82) is 0 Å². The average molecular weight is 425 g/mol. The van der Waals surface area contributed by atoms with Gasteiger partial charge >= 0.3 is 0 Å². The van der Waals surface area contributed by atoms with Crippen molar-refractivity contribution >= 4 is 41.7 Å². The van der Waals surface area contributed by atoms with E-state index in [-0.39, 0.29) is 28.7 Å². The van der Waals surface area contributed by atoms with Crippen molar-refractivity contribution in [2.45, 2.75) is 38.5 Å². The van der Waals surface area contributed by atoms with Gasteiger partial charge in [0.1, 0.15) is 0 Å². The summed E-state index contributed by atoms with van der Waals surface area (Å²) in [6.45, 7) is 9.20. The second-order valence-electron chi connectivity index (χ2n) is 5.45. The van der Waals surface area contributed by atoms with Gasteiger partial charge in [-0.25, -0.2) is 0 Å². The summed E-state index contributed by atoms with van der Waals surface area (Å²) in [4.78, 5) is 4.24. The highest BCUT2D eigenvalue weighted by atomic mass is 127. The van der Waals surface area contributed by atoms with Crippen LogP contribution in [-0.4, -0.2) is 46.9 Å². The largest absolute Gasteiger partial charge is 0.356 e. The molecule has 0 radical (unpaired) electrons. The van der Waals surface area contributed by atoms with Crippen LogP contribution in [0.2, 0.25) is 0 Å². The van der Waals surface area contributed by atoms with Gasteiger partial charge in [-0.2, -0.15) is 16.9 Å². The second-order valence-corrected chi connectivity index (χ2v) is 6.96. The third kappa shape index (κ3) is 8.55. The number of nitrogens with one attached hydrogen (secondary N) is 2. The van der Waals surface area contributed by atoms with Crippen LogP contribution in [0.15, 0.2) is 17.4 Å². The minimum atomic E-state index is 0. The fourth-order valence-corrected chi connectivity index (χ4v) is 1.84. The normalized spacial score (nSPS) is 12.0. The third-order valence-electron chi connectivity index (χ3n) is 3.08. The molecule has 0 aliphatic carbocycles. The van der Waals surface area contributed by atoms with Crippen molar-refractivity contribution in [2.75, 3.05) is 26.4 Å². The van der Waals surface area contributed by atoms with E-state index in [4.69, 9.17) is 0 Å². The van der Waals surface area contributed by atoms with Crippen LogP contribution in [0.4, 0.5) is 0 Å². The molecule has 0 aliphatic heterocycles. The van der Waals surface area contributed by atoms with Crippen LogP contribution in [0.5, 0.6) is 0 Å². The monoisotopic (exact) mass is 425 g/mol. The summed E-state index contributed by atoms with van der Waals surface area (Å²) in [6.07, 6.45) is 7.10. The Hall–Kier alpha value is -0.440. The highest BCUT2D eigenvalue weighted by molar-refractivity contribution is 14.0. The predicted octanol–water partition coefficient (Wildman–Crippen LogP) is 2.51. The lowest BCUT2D eigenvalue weighted by atomic mass is 10.2. The Balaban J connectivity index is 0.00000400. The van der Waals surface area contributed by atoms with Crippen LogP contribution in [0.1, 0.15) is 25.8 Å². The molecule has 1 heterocycles. The molecule has 0 aromatic carbocycles. The van der Waals surface area contributed by atoms with Crippen molar-refractivity contribution in [3.05, 3.63) is 18.0 Å². The van der Waals surface area contributed by atoms with Gasteiger partial charge in [-0.05, 0) is 39.0 Å². The highest BCUT2D eigenvalue weighted by Crippen LogP contribution is 2.19. The van der Waals surface area contributed by atoms with Gasteiger partial charge in [-0.3, -0.25) is 9.67 Å². The van der Waals surface area contributed by atoms with E-state index in [1.807, 2.05) is 22.6 Å². The maximum atomic E-state index is 4.27. The summed E-state index contributed by atoms with van der Waals surface area (Å²) < 4.78 is 2.19. The first-order valence-electron chi connectivity index (χ1n) is 6.95. The second kappa shape index (κ2) is 10.3. The zero-order valence-electron chi connectivity index (χ0n) is 13.6. The molecule has 0 atom stereocenters. The lowest BCUT2D eigenvalue weighted by Gasteiger charge is -2.23. The zero-order chi connectivity index (χ0) is 15.0. The van der Waals surface area contributed by atoms with E-state index >= 15 is 0 Å². The van der Waals surface area contributed by atoms with Gasteiger partial charge in [0.15, 0.2) is 5.96 Å². The Kier molecular flexibility index (Phi) is 10.1. The molecule has 0 spiro atoms. The quantitative estimate of drug-likeness (QED) is 0.305. The van der Waals surface area contributed by atoms with Crippen LogP contribution < -0.4 is 10.6 Å². The first kappa shape index (κ1) is 20.6. The molecule has 1 aromatic rings. The number of nitrogens with zero attached hydrogens (tertiary/aromatic N) is 3. The molecule has 7 heteroatoms. The van der Waals surface area contributed by atoms with Crippen molar-refractivity contribution in [1.82, 2.24) is 20.4 Å². The molecular formula is C14H28IN5S. The molecular weight excluding hydrogens is 397 g/mol. The summed E-state index contributed by atoms with van der Waals surface area (Å²) in [5.41, 5.74) is 1.20. The van der Waals surface area contributed by atoms with E-state index in [2.05, 4.69) is 53.9 Å². The smallest absolute Gasteiger partial charge is 0.191 e. The molecule has 21 heavy (non-hydrogen) atoms. The first-order chi connectivity index (χ1) is 9.46. The van der Waals surface area contributed by atoms with Gasteiger partial charge in [-0.1, -0.05) is 0 Å². The maximum absolute atomic E-state index is 4.27. The first-order valence-corrected chi connectivity index (χ1v) is 8.18. The average Bonchev–Trinajstić information content (AvgIpc) is 2.83. The van der Waals surface area contributed by atoms with Crippen LogP contribution >= 0.6 is 35.7 Å². The van der Waals surface area contributed by atoms with Crippen molar-refractivity contribution in [3.63, 3.8) is 0 Å². The van der Waals surface area contributed by atoms with Gasteiger partial charge in [0.25, 0.3) is 0 Å². The van der Waals surface area contributed by atoms with Gasteiger partial charge in [-0.15, -0.1) is 24.0 Å². The molecule has 122 valence electrons. The fraction of sp³-hybridized carbons (Fsp3) is 0.714. The SMILES string of the molecule is CN=C(NCCCn1cc(C)cn1)NCC(C)(C)SC.I. The van der Waals surface area contributed by atoms with Gasteiger partial charge in [0.2, 0.25) is 0 Å². The molecule has 0 unspecified atom stereocenters. The van der Waals surface area contributed by atoms with E-state index in [9.17, 15) is 0 Å². The van der Waals surface area contributed by atoms with Crippen molar-refractivity contribution in [2.24, 2.45) is 4.99 Å². The predicted molar refractivity (Wildman–Crippen MR) is 104 cm³/mol. The molecule has 0 saturated carbocycles. The molecule has 2 N–H and O–H groups in total. The number of hydrogen-bond acceptors (Lipinski definition) is 3. The minimum Gasteiger partial charge on any atom is -0.356 e. The highest BCUT2D eigenvalue weighted by Gasteiger charge is 2.15. The van der Waals surface area contributed by atoms with Gasteiger partial charge in [0, 0.05) is 37.6 Å². The Labute approximate surface area is 149 Å². The van der Waals surface area contributed by atoms with E-state index in [1.165, 1.54) is 5.56 Å². The Morgan fingerprint density at radius 2 is 2.14 bits per heavy atom. The molecule has 0 aliphatic rings. The number of guanidine groups is 1. The summed E-state index contributed by atoms with van der Waals surface area (Å²) in [7, 11) is 1.80. The lowest BCUT2D eigenvalue weighted by molar-refractivity contribution is 0.568. The van der Waals surface area contributed by atoms with E-state index in [0.717, 1.165) is 32.0 Å². The molecule has 5 nitrogen and oxygen atoms in total. The molecule has 0 fully saturated rings. The third-order valence-corrected chi connectivity index (χ3v) is 4.33. The molecule has 1 aromatic heterocycles. The number of rotatable bonds is 7. The fourth-order valence-electron chi connectivity index (χ4n) is 1.63. The van der Waals surface area contributed by atoms with Crippen LogP contribution in [0.25, 0.3) is 0 Å². The Bertz CT molecular complexity index is 431. The zero-order valence-corrected chi connectivity index (χ0v) is 16.8. The number of hydrogen-bond donors (Lipinski definition) is 2.